The molecule has 0 heterocycles. The minimum atomic E-state index is -0.929. The summed E-state index contributed by atoms with van der Waals surface area (Å²) in [6.07, 6.45) is 4.39. The van der Waals surface area contributed by atoms with Crippen LogP contribution in [-0.2, 0) is 0 Å². The van der Waals surface area contributed by atoms with Crippen molar-refractivity contribution in [3.8, 4) is 0 Å². The Kier molecular flexibility index (Phi) is 4.79. The van der Waals surface area contributed by atoms with Crippen LogP contribution < -0.4 is 0 Å². The van der Waals surface area contributed by atoms with Crippen LogP contribution in [0, 0.1) is 5.92 Å². The van der Waals surface area contributed by atoms with Crippen LogP contribution in [0.2, 0.25) is 0 Å². The lowest BCUT2D eigenvalue weighted by molar-refractivity contribution is 0.101. The summed E-state index contributed by atoms with van der Waals surface area (Å²) in [6.45, 7) is 12.7. The van der Waals surface area contributed by atoms with Gasteiger partial charge in [-0.15, -0.1) is 0 Å². The highest BCUT2D eigenvalue weighted by Gasteiger charge is 2.30. The van der Waals surface area contributed by atoms with Crippen LogP contribution in [-0.4, -0.2) is 24.2 Å². The van der Waals surface area contributed by atoms with E-state index in [9.17, 15) is 4.39 Å². The lowest BCUT2D eigenvalue weighted by Gasteiger charge is -2.33. The van der Waals surface area contributed by atoms with Gasteiger partial charge in [-0.3, -0.25) is 0 Å². The molecule has 1 aliphatic rings. The maximum Gasteiger partial charge on any atom is 0.108 e. The highest BCUT2D eigenvalue weighted by molar-refractivity contribution is 5.02. The molecule has 0 radical (unpaired) electrons. The summed E-state index contributed by atoms with van der Waals surface area (Å²) < 4.78 is 13.7. The molecule has 98 valence electrons. The summed E-state index contributed by atoms with van der Waals surface area (Å²) in [4.78, 5) is 2.16. The van der Waals surface area contributed by atoms with Gasteiger partial charge in [-0.05, 0) is 51.9 Å². The first-order valence-electron chi connectivity index (χ1n) is 6.52. The molecule has 1 fully saturated rings. The summed E-state index contributed by atoms with van der Waals surface area (Å²) in [5.74, 6) is 0.610. The Balaban J connectivity index is 2.35. The highest BCUT2D eigenvalue weighted by Crippen LogP contribution is 2.37. The minimum absolute atomic E-state index is 0.610. The topological polar surface area (TPSA) is 3.24 Å². The zero-order chi connectivity index (χ0) is 13.1. The van der Waals surface area contributed by atoms with E-state index in [1.54, 1.807) is 6.92 Å². The molecular weight excluding hydrogens is 213 g/mol. The average Bonchev–Trinajstić information content (AvgIpc) is 2.20. The van der Waals surface area contributed by atoms with E-state index < -0.39 is 5.67 Å². The molecule has 0 N–H and O–H groups in total. The highest BCUT2D eigenvalue weighted by atomic mass is 19.1. The van der Waals surface area contributed by atoms with Crippen LogP contribution in [0.15, 0.2) is 24.4 Å². The molecule has 17 heavy (non-hydrogen) atoms. The predicted octanol–water partition coefficient (Wildman–Crippen LogP) is 4.32. The van der Waals surface area contributed by atoms with Crippen LogP contribution in [0.25, 0.3) is 0 Å². The summed E-state index contributed by atoms with van der Waals surface area (Å²) in [5.41, 5.74) is 1.37. The second-order valence-corrected chi connectivity index (χ2v) is 5.94. The molecule has 2 heteroatoms. The van der Waals surface area contributed by atoms with E-state index in [1.807, 2.05) is 6.92 Å². The van der Waals surface area contributed by atoms with E-state index in [1.165, 1.54) is 0 Å². The third kappa shape index (κ3) is 4.93. The summed E-state index contributed by atoms with van der Waals surface area (Å²) in [6, 6.07) is 0. The first kappa shape index (κ1) is 14.3. The molecule has 0 unspecified atom stereocenters. The van der Waals surface area contributed by atoms with Gasteiger partial charge < -0.3 is 4.90 Å². The van der Waals surface area contributed by atoms with Crippen molar-refractivity contribution in [3.63, 3.8) is 0 Å². The molecule has 0 amide bonds. The van der Waals surface area contributed by atoms with Crippen molar-refractivity contribution in [1.29, 1.82) is 0 Å². The quantitative estimate of drug-likeness (QED) is 0.646. The molecule has 1 aliphatic carbocycles. The van der Waals surface area contributed by atoms with Gasteiger partial charge in [0.2, 0.25) is 0 Å². The van der Waals surface area contributed by atoms with Crippen LogP contribution >= 0.6 is 0 Å². The summed E-state index contributed by atoms with van der Waals surface area (Å²) >= 11 is 0. The number of nitrogens with zero attached hydrogens (tertiary/aromatic N) is 1. The molecule has 0 saturated heterocycles. The predicted molar refractivity (Wildman–Crippen MR) is 72.7 cm³/mol. The smallest absolute Gasteiger partial charge is 0.108 e. The van der Waals surface area contributed by atoms with E-state index in [-0.39, 0.29) is 0 Å². The molecule has 0 aromatic rings. The van der Waals surface area contributed by atoms with E-state index in [2.05, 4.69) is 25.1 Å². The van der Waals surface area contributed by atoms with Crippen LogP contribution in [0.3, 0.4) is 0 Å². The molecule has 0 bridgehead atoms. The van der Waals surface area contributed by atoms with Crippen molar-refractivity contribution >= 4 is 0 Å². The number of hydrogen-bond donors (Lipinski definition) is 0. The minimum Gasteiger partial charge on any atom is -0.374 e. The molecule has 0 aromatic heterocycles. The monoisotopic (exact) mass is 239 g/mol. The Morgan fingerprint density at radius 3 is 2.35 bits per heavy atom. The van der Waals surface area contributed by atoms with Crippen LogP contribution in [0.4, 0.5) is 4.39 Å². The molecule has 1 saturated carbocycles. The van der Waals surface area contributed by atoms with Gasteiger partial charge in [-0.25, -0.2) is 4.39 Å². The maximum atomic E-state index is 13.7. The fourth-order valence-electron chi connectivity index (χ4n) is 2.49. The van der Waals surface area contributed by atoms with E-state index >= 15 is 0 Å². The van der Waals surface area contributed by atoms with Gasteiger partial charge in [0, 0.05) is 19.3 Å². The Morgan fingerprint density at radius 1 is 1.35 bits per heavy atom. The third-order valence-electron chi connectivity index (χ3n) is 3.72. The fourth-order valence-corrected chi connectivity index (χ4v) is 2.49. The normalized spacial score (nSPS) is 28.8. The van der Waals surface area contributed by atoms with E-state index in [4.69, 9.17) is 0 Å². The Hall–Kier alpha value is -0.790. The number of rotatable bonds is 5. The van der Waals surface area contributed by atoms with Gasteiger partial charge in [0.15, 0.2) is 0 Å². The van der Waals surface area contributed by atoms with Crippen molar-refractivity contribution in [2.45, 2.75) is 51.6 Å². The molecule has 0 aliphatic heterocycles. The number of likely N-dealkylation sites (N-methyl/N-ethyl adjacent to an activating group) is 1. The Morgan fingerprint density at radius 2 is 1.88 bits per heavy atom. The first-order valence-corrected chi connectivity index (χ1v) is 6.52. The van der Waals surface area contributed by atoms with Crippen molar-refractivity contribution in [1.82, 2.24) is 4.90 Å². The van der Waals surface area contributed by atoms with Gasteiger partial charge in [-0.2, -0.15) is 0 Å². The third-order valence-corrected chi connectivity index (χ3v) is 3.72. The van der Waals surface area contributed by atoms with Gasteiger partial charge in [0.25, 0.3) is 0 Å². The maximum absolute atomic E-state index is 13.7. The lowest BCUT2D eigenvalue weighted by Crippen LogP contribution is -2.28. The summed E-state index contributed by atoms with van der Waals surface area (Å²) in [7, 11) is 2.05. The first-order chi connectivity index (χ1) is 7.80. The Bertz CT molecular complexity index is 283. The van der Waals surface area contributed by atoms with E-state index in [0.29, 0.717) is 18.8 Å². The molecule has 0 spiro atoms. The zero-order valence-corrected chi connectivity index (χ0v) is 11.6. The van der Waals surface area contributed by atoms with Crippen molar-refractivity contribution in [3.05, 3.63) is 24.4 Å². The average molecular weight is 239 g/mol. The molecule has 0 atom stereocenters. The SMILES string of the molecule is C=C(C)CN(C)C(=C)CC1CCC(C)(F)CC1. The van der Waals surface area contributed by atoms with Gasteiger partial charge in [-0.1, -0.05) is 18.7 Å². The van der Waals surface area contributed by atoms with E-state index in [0.717, 1.165) is 37.1 Å². The molecular formula is C15H26FN. The molecule has 1 rings (SSSR count). The van der Waals surface area contributed by atoms with Gasteiger partial charge in [0.05, 0.1) is 0 Å². The van der Waals surface area contributed by atoms with Gasteiger partial charge >= 0.3 is 0 Å². The lowest BCUT2D eigenvalue weighted by atomic mass is 9.79. The fraction of sp³-hybridized carbons (Fsp3) is 0.733. The standard InChI is InChI=1S/C15H26FN/c1-12(2)11-17(5)13(3)10-14-6-8-15(4,16)9-7-14/h14H,1,3,6-11H2,2,4-5H3. The second-order valence-electron chi connectivity index (χ2n) is 5.94. The van der Waals surface area contributed by atoms with Crippen LogP contribution in [0.5, 0.6) is 0 Å². The second kappa shape index (κ2) is 5.70. The van der Waals surface area contributed by atoms with Gasteiger partial charge in [0.1, 0.15) is 5.67 Å². The van der Waals surface area contributed by atoms with Crippen molar-refractivity contribution in [2.75, 3.05) is 13.6 Å². The number of halogens is 1. The largest absolute Gasteiger partial charge is 0.374 e. The number of alkyl halides is 1. The number of allylic oxidation sites excluding steroid dienone is 1. The molecule has 0 aromatic carbocycles. The zero-order valence-electron chi connectivity index (χ0n) is 11.6. The Labute approximate surface area is 105 Å². The number of hydrogen-bond acceptors (Lipinski definition) is 1. The van der Waals surface area contributed by atoms with Crippen LogP contribution in [0.1, 0.15) is 46.0 Å². The summed E-state index contributed by atoms with van der Waals surface area (Å²) in [5, 5.41) is 0. The van der Waals surface area contributed by atoms with Crippen molar-refractivity contribution < 1.29 is 4.39 Å². The molecule has 1 nitrogen and oxygen atoms in total. The van der Waals surface area contributed by atoms with Crippen molar-refractivity contribution in [2.24, 2.45) is 5.92 Å².